The summed E-state index contributed by atoms with van der Waals surface area (Å²) in [6, 6.07) is 5.97. The fourth-order valence-electron chi connectivity index (χ4n) is 2.85. The Balaban J connectivity index is 2.01. The second kappa shape index (κ2) is 9.80. The van der Waals surface area contributed by atoms with Crippen molar-refractivity contribution < 1.29 is 9.47 Å². The molecule has 1 aromatic carbocycles. The average molecular weight is 366 g/mol. The molecule has 0 radical (unpaired) electrons. The number of benzene rings is 1. The minimum atomic E-state index is 0.318. The molecule has 1 saturated heterocycles. The van der Waals surface area contributed by atoms with Crippen LogP contribution in [0.4, 0.5) is 0 Å². The van der Waals surface area contributed by atoms with Gasteiger partial charge in [0.2, 0.25) is 0 Å². The predicted molar refractivity (Wildman–Crippen MR) is 107 cm³/mol. The molecule has 0 amide bonds. The van der Waals surface area contributed by atoms with E-state index in [9.17, 15) is 0 Å². The van der Waals surface area contributed by atoms with Crippen molar-refractivity contribution in [3.05, 3.63) is 23.8 Å². The lowest BCUT2D eigenvalue weighted by Crippen LogP contribution is -2.43. The van der Waals surface area contributed by atoms with Crippen molar-refractivity contribution in [3.63, 3.8) is 0 Å². The van der Waals surface area contributed by atoms with E-state index in [1.54, 1.807) is 7.11 Å². The van der Waals surface area contributed by atoms with E-state index in [1.165, 1.54) is 18.6 Å². The molecule has 0 saturated carbocycles. The third-order valence-corrected chi connectivity index (χ3v) is 5.76. The van der Waals surface area contributed by atoms with Gasteiger partial charge in [0.05, 0.1) is 20.3 Å². The van der Waals surface area contributed by atoms with Crippen LogP contribution in [0.1, 0.15) is 39.2 Å². The van der Waals surface area contributed by atoms with Crippen molar-refractivity contribution in [1.29, 1.82) is 0 Å². The lowest BCUT2D eigenvalue weighted by Gasteiger charge is -2.24. The minimum Gasteiger partial charge on any atom is -0.493 e. The molecule has 0 aliphatic carbocycles. The Hall–Kier alpha value is -1.56. The van der Waals surface area contributed by atoms with Crippen LogP contribution < -0.4 is 20.1 Å². The van der Waals surface area contributed by atoms with Crippen molar-refractivity contribution >= 4 is 17.7 Å². The van der Waals surface area contributed by atoms with Gasteiger partial charge in [0.25, 0.3) is 0 Å². The van der Waals surface area contributed by atoms with Crippen LogP contribution in [0.2, 0.25) is 0 Å². The fourth-order valence-corrected chi connectivity index (χ4v) is 4.09. The Bertz CT molecular complexity index is 572. The monoisotopic (exact) mass is 365 g/mol. The molecule has 1 unspecified atom stereocenters. The SMILES string of the molecule is CCNC(=NCc1ccc(OC)c(OCC)c1)NCC1(C)CCCS1. The Morgan fingerprint density at radius 1 is 1.28 bits per heavy atom. The topological polar surface area (TPSA) is 54.9 Å². The summed E-state index contributed by atoms with van der Waals surface area (Å²) in [5, 5.41) is 6.83. The molecule has 6 heteroatoms. The summed E-state index contributed by atoms with van der Waals surface area (Å²) < 4.78 is 11.3. The number of nitrogens with one attached hydrogen (secondary N) is 2. The maximum absolute atomic E-state index is 5.64. The lowest BCUT2D eigenvalue weighted by atomic mass is 10.1. The largest absolute Gasteiger partial charge is 0.493 e. The molecule has 25 heavy (non-hydrogen) atoms. The zero-order chi connectivity index (χ0) is 18.1. The van der Waals surface area contributed by atoms with E-state index in [0.29, 0.717) is 17.9 Å². The van der Waals surface area contributed by atoms with Gasteiger partial charge in [-0.25, -0.2) is 4.99 Å². The summed E-state index contributed by atoms with van der Waals surface area (Å²) in [5.74, 6) is 3.65. The van der Waals surface area contributed by atoms with E-state index in [0.717, 1.165) is 36.1 Å². The average Bonchev–Trinajstić information content (AvgIpc) is 3.05. The van der Waals surface area contributed by atoms with Gasteiger partial charge in [-0.3, -0.25) is 0 Å². The summed E-state index contributed by atoms with van der Waals surface area (Å²) in [4.78, 5) is 4.72. The van der Waals surface area contributed by atoms with Gasteiger partial charge < -0.3 is 20.1 Å². The highest BCUT2D eigenvalue weighted by molar-refractivity contribution is 8.00. The van der Waals surface area contributed by atoms with Crippen molar-refractivity contribution in [3.8, 4) is 11.5 Å². The zero-order valence-corrected chi connectivity index (χ0v) is 16.7. The fraction of sp³-hybridized carbons (Fsp3) is 0.632. The number of guanidine groups is 1. The van der Waals surface area contributed by atoms with Crippen LogP contribution in [0.15, 0.2) is 23.2 Å². The number of aliphatic imine (C=N–C) groups is 1. The molecular formula is C19H31N3O2S. The van der Waals surface area contributed by atoms with Crippen molar-refractivity contribution in [1.82, 2.24) is 10.6 Å². The normalized spacial score (nSPS) is 20.4. The van der Waals surface area contributed by atoms with Crippen LogP contribution in [0.3, 0.4) is 0 Å². The quantitative estimate of drug-likeness (QED) is 0.546. The Morgan fingerprint density at radius 2 is 2.12 bits per heavy atom. The zero-order valence-electron chi connectivity index (χ0n) is 15.9. The van der Waals surface area contributed by atoms with E-state index in [2.05, 4.69) is 36.2 Å². The molecule has 1 aliphatic rings. The van der Waals surface area contributed by atoms with Crippen LogP contribution >= 0.6 is 11.8 Å². The minimum absolute atomic E-state index is 0.318. The van der Waals surface area contributed by atoms with Crippen molar-refractivity contribution in [2.45, 2.75) is 44.9 Å². The number of hydrogen-bond acceptors (Lipinski definition) is 4. The lowest BCUT2D eigenvalue weighted by molar-refractivity contribution is 0.310. The highest BCUT2D eigenvalue weighted by Gasteiger charge is 2.29. The maximum Gasteiger partial charge on any atom is 0.191 e. The number of ether oxygens (including phenoxy) is 2. The molecule has 0 bridgehead atoms. The highest BCUT2D eigenvalue weighted by atomic mass is 32.2. The molecule has 5 nitrogen and oxygen atoms in total. The smallest absolute Gasteiger partial charge is 0.191 e. The van der Waals surface area contributed by atoms with E-state index >= 15 is 0 Å². The van der Waals surface area contributed by atoms with Gasteiger partial charge in [0.1, 0.15) is 0 Å². The number of hydrogen-bond donors (Lipinski definition) is 2. The number of nitrogens with zero attached hydrogens (tertiary/aromatic N) is 1. The van der Waals surface area contributed by atoms with E-state index in [4.69, 9.17) is 14.5 Å². The number of methoxy groups -OCH3 is 1. The van der Waals surface area contributed by atoms with Gasteiger partial charge in [0, 0.05) is 17.8 Å². The second-order valence-corrected chi connectivity index (χ2v) is 8.05. The molecule has 1 heterocycles. The summed E-state index contributed by atoms with van der Waals surface area (Å²) >= 11 is 2.06. The number of rotatable bonds is 8. The summed E-state index contributed by atoms with van der Waals surface area (Å²) in [6.07, 6.45) is 2.57. The highest BCUT2D eigenvalue weighted by Crippen LogP contribution is 2.36. The molecule has 1 atom stereocenters. The number of thioether (sulfide) groups is 1. The van der Waals surface area contributed by atoms with Gasteiger partial charge in [-0.15, -0.1) is 0 Å². The first-order valence-corrected chi connectivity index (χ1v) is 10.0. The van der Waals surface area contributed by atoms with Crippen LogP contribution in [-0.4, -0.2) is 43.3 Å². The van der Waals surface area contributed by atoms with E-state index < -0.39 is 0 Å². The van der Waals surface area contributed by atoms with Gasteiger partial charge >= 0.3 is 0 Å². The van der Waals surface area contributed by atoms with Crippen molar-refractivity contribution in [2.75, 3.05) is 32.6 Å². The third-order valence-electron chi connectivity index (χ3n) is 4.22. The van der Waals surface area contributed by atoms with Gasteiger partial charge in [-0.05, 0) is 57.1 Å². The second-order valence-electron chi connectivity index (χ2n) is 6.37. The molecule has 0 aromatic heterocycles. The van der Waals surface area contributed by atoms with Crippen LogP contribution in [0.5, 0.6) is 11.5 Å². The molecular weight excluding hydrogens is 334 g/mol. The third kappa shape index (κ3) is 6.03. The first-order valence-electron chi connectivity index (χ1n) is 9.06. The van der Waals surface area contributed by atoms with Crippen LogP contribution in [0, 0.1) is 0 Å². The molecule has 2 N–H and O–H groups in total. The van der Waals surface area contributed by atoms with E-state index in [1.807, 2.05) is 25.1 Å². The Morgan fingerprint density at radius 3 is 2.76 bits per heavy atom. The van der Waals surface area contributed by atoms with Crippen LogP contribution in [-0.2, 0) is 6.54 Å². The summed E-state index contributed by atoms with van der Waals surface area (Å²) in [6.45, 7) is 9.40. The summed E-state index contributed by atoms with van der Waals surface area (Å²) in [7, 11) is 1.66. The van der Waals surface area contributed by atoms with E-state index in [-0.39, 0.29) is 0 Å². The molecule has 1 aliphatic heterocycles. The maximum atomic E-state index is 5.64. The van der Waals surface area contributed by atoms with Crippen LogP contribution in [0.25, 0.3) is 0 Å². The van der Waals surface area contributed by atoms with Gasteiger partial charge in [-0.1, -0.05) is 6.07 Å². The molecule has 140 valence electrons. The Kier molecular flexibility index (Phi) is 7.75. The molecule has 1 fully saturated rings. The summed E-state index contributed by atoms with van der Waals surface area (Å²) in [5.41, 5.74) is 1.10. The van der Waals surface area contributed by atoms with Gasteiger partial charge in [0.15, 0.2) is 17.5 Å². The predicted octanol–water partition coefficient (Wildman–Crippen LogP) is 3.43. The van der Waals surface area contributed by atoms with Crippen molar-refractivity contribution in [2.24, 2.45) is 4.99 Å². The Labute approximate surface area is 156 Å². The molecule has 0 spiro atoms. The first-order chi connectivity index (χ1) is 12.1. The van der Waals surface area contributed by atoms with Gasteiger partial charge in [-0.2, -0.15) is 11.8 Å². The molecule has 1 aromatic rings. The standard InChI is InChI=1S/C19H31N3O2S/c1-5-20-18(22-14-19(3)10-7-11-25-19)21-13-15-8-9-16(23-4)17(12-15)24-6-2/h8-9,12H,5-7,10-11,13-14H2,1-4H3,(H2,20,21,22). The first kappa shape index (κ1) is 19.8. The molecule has 2 rings (SSSR count).